The second kappa shape index (κ2) is 6.75. The van der Waals surface area contributed by atoms with Gasteiger partial charge in [0.05, 0.1) is 10.5 Å². The number of benzene rings is 2. The van der Waals surface area contributed by atoms with Crippen LogP contribution in [0.15, 0.2) is 42.5 Å². The Morgan fingerprint density at radius 3 is 2.67 bits per heavy atom. The van der Waals surface area contributed by atoms with Crippen molar-refractivity contribution in [2.45, 2.75) is 36.5 Å². The number of aliphatic hydroxyl groups excluding tert-OH is 1. The summed E-state index contributed by atoms with van der Waals surface area (Å²) in [5, 5.41) is 33.6. The van der Waals surface area contributed by atoms with Crippen molar-refractivity contribution in [3.8, 4) is 22.6 Å². The molecule has 0 unspecified atom stereocenters. The lowest BCUT2D eigenvalue weighted by Gasteiger charge is -2.56. The van der Waals surface area contributed by atoms with E-state index in [1.807, 2.05) is 13.1 Å². The Bertz CT molecular complexity index is 1230. The topological polar surface area (TPSA) is 128 Å². The fourth-order valence-electron chi connectivity index (χ4n) is 6.61. The first-order chi connectivity index (χ1) is 15.8. The minimum atomic E-state index is -1.05. The van der Waals surface area contributed by atoms with Gasteiger partial charge >= 0.3 is 5.69 Å². The van der Waals surface area contributed by atoms with E-state index < -0.39 is 39.1 Å². The van der Waals surface area contributed by atoms with Crippen molar-refractivity contribution in [1.82, 2.24) is 4.90 Å². The number of nitro groups is 1. The highest BCUT2D eigenvalue weighted by Gasteiger charge is 2.65. The second-order valence-electron chi connectivity index (χ2n) is 9.16. The predicted molar refractivity (Wildman–Crippen MR) is 116 cm³/mol. The largest absolute Gasteiger partial charge is 0.483 e. The summed E-state index contributed by atoms with van der Waals surface area (Å²) in [4.78, 5) is 30.2. The van der Waals surface area contributed by atoms with Crippen molar-refractivity contribution in [2.24, 2.45) is 5.92 Å². The summed E-state index contributed by atoms with van der Waals surface area (Å²) >= 11 is 0. The maximum absolute atomic E-state index is 12.3. The SMILES string of the molecule is CN1CC[C@]23c4c5c(-c6ccccc6)c([N+](=O)[O-])c(O[N+](=O)[O-])c4O[C@H]2[C@@H](O)C=C[C@H]3[C@H]1C5. The molecule has 1 fully saturated rings. The van der Waals surface area contributed by atoms with Gasteiger partial charge in [-0.2, -0.15) is 0 Å². The van der Waals surface area contributed by atoms with Gasteiger partial charge in [-0.3, -0.25) is 15.0 Å². The molecular formula is C23H21N3O7. The van der Waals surface area contributed by atoms with Gasteiger partial charge in [-0.15, -0.1) is 10.1 Å². The van der Waals surface area contributed by atoms with Crippen LogP contribution in [0.25, 0.3) is 11.1 Å². The van der Waals surface area contributed by atoms with Crippen LogP contribution in [0.4, 0.5) is 5.69 Å². The third-order valence-electron chi connectivity index (χ3n) is 7.81. The van der Waals surface area contributed by atoms with Crippen LogP contribution < -0.4 is 9.57 Å². The summed E-state index contributed by atoms with van der Waals surface area (Å²) in [5.74, 6) is -0.476. The Morgan fingerprint density at radius 1 is 1.21 bits per heavy atom. The molecule has 2 aromatic carbocycles. The van der Waals surface area contributed by atoms with Crippen molar-refractivity contribution < 1.29 is 24.7 Å². The first kappa shape index (κ1) is 20.1. The van der Waals surface area contributed by atoms with Crippen LogP contribution in [-0.2, 0) is 11.8 Å². The van der Waals surface area contributed by atoms with Gasteiger partial charge in [0.1, 0.15) is 12.2 Å². The number of nitrogens with zero attached hydrogens (tertiary/aromatic N) is 3. The molecule has 10 nitrogen and oxygen atoms in total. The number of nitro benzene ring substituents is 1. The number of ether oxygens (including phenoxy) is 1. The fourth-order valence-corrected chi connectivity index (χ4v) is 6.61. The van der Waals surface area contributed by atoms with Crippen molar-refractivity contribution in [2.75, 3.05) is 13.6 Å². The first-order valence-corrected chi connectivity index (χ1v) is 10.8. The van der Waals surface area contributed by atoms with E-state index in [4.69, 9.17) is 9.57 Å². The number of piperidine rings is 1. The molecule has 4 aliphatic rings. The molecule has 0 saturated carbocycles. The van der Waals surface area contributed by atoms with E-state index >= 15 is 0 Å². The molecule has 2 aliphatic carbocycles. The van der Waals surface area contributed by atoms with Gasteiger partial charge in [0.25, 0.3) is 5.09 Å². The molecular weight excluding hydrogens is 430 g/mol. The summed E-state index contributed by atoms with van der Waals surface area (Å²) in [6.07, 6.45) is 3.26. The van der Waals surface area contributed by atoms with E-state index in [-0.39, 0.29) is 17.7 Å². The van der Waals surface area contributed by atoms with E-state index in [2.05, 4.69) is 4.90 Å². The average Bonchev–Trinajstić information content (AvgIpc) is 3.13. The number of likely N-dealkylation sites (tertiary alicyclic amines) is 1. The summed E-state index contributed by atoms with van der Waals surface area (Å²) in [6.45, 7) is 0.754. The predicted octanol–water partition coefficient (Wildman–Crippen LogP) is 2.64. The fraction of sp³-hybridized carbons (Fsp3) is 0.391. The third-order valence-corrected chi connectivity index (χ3v) is 7.81. The monoisotopic (exact) mass is 451 g/mol. The maximum Gasteiger partial charge on any atom is 0.311 e. The Labute approximate surface area is 188 Å². The van der Waals surface area contributed by atoms with Crippen LogP contribution in [0.3, 0.4) is 0 Å². The van der Waals surface area contributed by atoms with Gasteiger partial charge in [-0.25, -0.2) is 0 Å². The van der Waals surface area contributed by atoms with Gasteiger partial charge in [0.15, 0.2) is 5.75 Å². The van der Waals surface area contributed by atoms with Crippen LogP contribution in [0, 0.1) is 26.1 Å². The van der Waals surface area contributed by atoms with Crippen molar-refractivity contribution in [3.05, 3.63) is 73.8 Å². The third kappa shape index (κ3) is 2.50. The molecule has 1 spiro atoms. The molecule has 2 aromatic rings. The van der Waals surface area contributed by atoms with Crippen LogP contribution in [0.2, 0.25) is 0 Å². The minimum absolute atomic E-state index is 0.00642. The molecule has 0 amide bonds. The number of likely N-dealkylation sites (N-methyl/N-ethyl adjacent to an activating group) is 1. The Kier molecular flexibility index (Phi) is 4.12. The summed E-state index contributed by atoms with van der Waals surface area (Å²) < 4.78 is 6.19. The van der Waals surface area contributed by atoms with Gasteiger partial charge in [-0.1, -0.05) is 42.5 Å². The standard InChI is InChI=1S/C23H21N3O7/c1-24-10-9-23-14-7-8-16(27)22(23)32-20-18(23)13(11-15(14)24)17(12-5-3-2-4-6-12)19(25(28)29)21(20)33-26(30)31/h2-8,14-16,22,27H,9-11H2,1H3/t14-,15+,16-,22-,23-/m0/s1. The summed E-state index contributed by atoms with van der Waals surface area (Å²) in [5.41, 5.74) is 1.25. The number of rotatable bonds is 4. The van der Waals surface area contributed by atoms with Crippen LogP contribution in [0.1, 0.15) is 17.5 Å². The molecule has 6 rings (SSSR count). The quantitative estimate of drug-likeness (QED) is 0.427. The molecule has 1 saturated heterocycles. The molecule has 0 aromatic heterocycles. The average molecular weight is 451 g/mol. The lowest BCUT2D eigenvalue weighted by atomic mass is 9.52. The van der Waals surface area contributed by atoms with Crippen LogP contribution in [-0.4, -0.2) is 51.9 Å². The highest BCUT2D eigenvalue weighted by molar-refractivity contribution is 5.87. The number of hydrogen-bond donors (Lipinski definition) is 1. The number of aliphatic hydroxyl groups is 1. The molecule has 5 atom stereocenters. The minimum Gasteiger partial charge on any atom is -0.483 e. The molecule has 2 heterocycles. The molecule has 2 bridgehead atoms. The van der Waals surface area contributed by atoms with E-state index in [1.165, 1.54) is 0 Å². The lowest BCUT2D eigenvalue weighted by Crippen LogP contribution is -2.64. The summed E-state index contributed by atoms with van der Waals surface area (Å²) in [7, 11) is 2.04. The highest BCUT2D eigenvalue weighted by atomic mass is 17.0. The highest BCUT2D eigenvalue weighted by Crippen LogP contribution is 2.66. The van der Waals surface area contributed by atoms with E-state index in [9.17, 15) is 25.3 Å². The lowest BCUT2D eigenvalue weighted by molar-refractivity contribution is -0.711. The Morgan fingerprint density at radius 2 is 1.97 bits per heavy atom. The van der Waals surface area contributed by atoms with Crippen LogP contribution in [0.5, 0.6) is 11.5 Å². The zero-order chi connectivity index (χ0) is 23.1. The molecule has 1 N–H and O–H groups in total. The Balaban J connectivity index is 1.76. The Hall–Kier alpha value is -3.50. The zero-order valence-corrected chi connectivity index (χ0v) is 17.7. The second-order valence-corrected chi connectivity index (χ2v) is 9.16. The van der Waals surface area contributed by atoms with E-state index in [0.29, 0.717) is 29.5 Å². The van der Waals surface area contributed by atoms with Crippen molar-refractivity contribution >= 4 is 5.69 Å². The summed E-state index contributed by atoms with van der Waals surface area (Å²) in [6, 6.07) is 8.92. The zero-order valence-electron chi connectivity index (χ0n) is 17.7. The van der Waals surface area contributed by atoms with Gasteiger partial charge in [0.2, 0.25) is 5.75 Å². The van der Waals surface area contributed by atoms with Gasteiger partial charge < -0.3 is 14.7 Å². The van der Waals surface area contributed by atoms with E-state index in [0.717, 1.165) is 12.1 Å². The van der Waals surface area contributed by atoms with Crippen molar-refractivity contribution in [3.63, 3.8) is 0 Å². The normalized spacial score (nSPS) is 31.0. The molecule has 33 heavy (non-hydrogen) atoms. The molecule has 170 valence electrons. The van der Waals surface area contributed by atoms with Gasteiger partial charge in [-0.05, 0) is 37.6 Å². The maximum atomic E-state index is 12.3. The smallest absolute Gasteiger partial charge is 0.311 e. The number of hydrogen-bond acceptors (Lipinski definition) is 8. The van der Waals surface area contributed by atoms with E-state index in [1.54, 1.807) is 36.4 Å². The first-order valence-electron chi connectivity index (χ1n) is 10.8. The molecule has 0 radical (unpaired) electrons. The van der Waals surface area contributed by atoms with Crippen LogP contribution >= 0.6 is 0 Å². The molecule has 2 aliphatic heterocycles. The molecule has 10 heteroatoms. The van der Waals surface area contributed by atoms with Crippen molar-refractivity contribution in [1.29, 1.82) is 0 Å². The van der Waals surface area contributed by atoms with Gasteiger partial charge in [0, 0.05) is 22.9 Å².